The van der Waals surface area contributed by atoms with Crippen LogP contribution in [0.1, 0.15) is 63.3 Å². The summed E-state index contributed by atoms with van der Waals surface area (Å²) in [6.07, 6.45) is 9.78. The number of fused-ring (bicyclic) bond motifs is 10. The topological polar surface area (TPSA) is 0 Å². The number of hydrogen-bond acceptors (Lipinski definition) is 0. The van der Waals surface area contributed by atoms with E-state index in [1.54, 1.807) is 0 Å². The van der Waals surface area contributed by atoms with Gasteiger partial charge in [0.15, 0.2) is 0 Å². The summed E-state index contributed by atoms with van der Waals surface area (Å²) in [6, 6.07) is 82.3. The fourth-order valence-corrected chi connectivity index (χ4v) is 11.1. The van der Waals surface area contributed by atoms with Gasteiger partial charge in [0.05, 0.1) is 5.41 Å². The lowest BCUT2D eigenvalue weighted by Gasteiger charge is -2.31. The Kier molecular flexibility index (Phi) is 9.12. The summed E-state index contributed by atoms with van der Waals surface area (Å²) in [4.78, 5) is 0. The summed E-state index contributed by atoms with van der Waals surface area (Å²) in [5, 5.41) is 0. The van der Waals surface area contributed by atoms with E-state index < -0.39 is 0 Å². The van der Waals surface area contributed by atoms with Crippen molar-refractivity contribution in [2.75, 3.05) is 0 Å². The van der Waals surface area contributed by atoms with Gasteiger partial charge in [0.25, 0.3) is 0 Å². The van der Waals surface area contributed by atoms with Crippen LogP contribution in [-0.4, -0.2) is 0 Å². The second-order valence-corrected chi connectivity index (χ2v) is 17.5. The van der Waals surface area contributed by atoms with E-state index in [4.69, 9.17) is 0 Å². The Morgan fingerprint density at radius 1 is 0.365 bits per heavy atom. The molecule has 0 N–H and O–H groups in total. The fraction of sp³-hybridized carbons (Fsp3) is 0.0794. The van der Waals surface area contributed by atoms with E-state index in [2.05, 4.69) is 237 Å². The van der Waals surface area contributed by atoms with Crippen molar-refractivity contribution in [2.24, 2.45) is 0 Å². The van der Waals surface area contributed by atoms with Crippen molar-refractivity contribution in [3.05, 3.63) is 281 Å². The first kappa shape index (κ1) is 37.2. The molecule has 0 saturated heterocycles. The van der Waals surface area contributed by atoms with Crippen LogP contribution in [-0.2, 0) is 11.8 Å². The van der Waals surface area contributed by atoms with Crippen molar-refractivity contribution in [3.63, 3.8) is 0 Å². The molecule has 1 spiro atoms. The van der Waals surface area contributed by atoms with Gasteiger partial charge in [-0.05, 0) is 137 Å². The average Bonchev–Trinajstić information content (AvgIpc) is 3.83. The number of hydrogen-bond donors (Lipinski definition) is 0. The van der Waals surface area contributed by atoms with Crippen molar-refractivity contribution >= 4 is 5.57 Å². The van der Waals surface area contributed by atoms with Gasteiger partial charge < -0.3 is 0 Å². The van der Waals surface area contributed by atoms with Crippen molar-refractivity contribution in [1.29, 1.82) is 0 Å². The van der Waals surface area contributed by atoms with Crippen LogP contribution < -0.4 is 0 Å². The van der Waals surface area contributed by atoms with Gasteiger partial charge in [-0.1, -0.05) is 224 Å². The highest BCUT2D eigenvalue weighted by molar-refractivity contribution is 5.95. The monoisotopic (exact) mass is 802 g/mol. The van der Waals surface area contributed by atoms with Crippen LogP contribution in [0.25, 0.3) is 61.2 Å². The van der Waals surface area contributed by atoms with Crippen molar-refractivity contribution in [3.8, 4) is 55.6 Å². The molecule has 298 valence electrons. The van der Waals surface area contributed by atoms with Crippen LogP contribution in [0, 0.1) is 0 Å². The van der Waals surface area contributed by atoms with Crippen LogP contribution in [0.5, 0.6) is 0 Å². The normalized spacial score (nSPS) is 14.4. The summed E-state index contributed by atoms with van der Waals surface area (Å²) in [5.74, 6) is 0.0548. The molecule has 0 heteroatoms. The molecule has 3 aliphatic carbocycles. The van der Waals surface area contributed by atoms with Gasteiger partial charge in [-0.15, -0.1) is 0 Å². The average molecular weight is 803 g/mol. The third kappa shape index (κ3) is 6.28. The van der Waals surface area contributed by atoms with Crippen molar-refractivity contribution < 1.29 is 0 Å². The highest BCUT2D eigenvalue weighted by Crippen LogP contribution is 2.62. The molecule has 0 radical (unpaired) electrons. The Balaban J connectivity index is 1.09. The Labute approximate surface area is 371 Å². The van der Waals surface area contributed by atoms with E-state index >= 15 is 0 Å². The third-order valence-corrected chi connectivity index (χ3v) is 13.9. The maximum Gasteiger partial charge on any atom is 0.0725 e. The van der Waals surface area contributed by atoms with Gasteiger partial charge in [-0.25, -0.2) is 0 Å². The lowest BCUT2D eigenvalue weighted by molar-refractivity contribution is 0.777. The molecule has 12 rings (SSSR count). The lowest BCUT2D eigenvalue weighted by Crippen LogP contribution is -2.26. The Morgan fingerprint density at radius 3 is 1.27 bits per heavy atom. The number of rotatable bonds is 8. The van der Waals surface area contributed by atoms with Crippen LogP contribution >= 0.6 is 0 Å². The second kappa shape index (κ2) is 15.4. The molecule has 63 heavy (non-hydrogen) atoms. The molecular weight excluding hydrogens is 757 g/mol. The first-order valence-electron chi connectivity index (χ1n) is 22.5. The van der Waals surface area contributed by atoms with Crippen LogP contribution in [0.2, 0.25) is 0 Å². The van der Waals surface area contributed by atoms with E-state index in [9.17, 15) is 0 Å². The van der Waals surface area contributed by atoms with Crippen molar-refractivity contribution in [1.82, 2.24) is 0 Å². The molecule has 0 nitrogen and oxygen atoms in total. The summed E-state index contributed by atoms with van der Waals surface area (Å²) < 4.78 is 0. The standard InChI is InChI=1S/C63H46/c1-5-19-44(20-6-1)48-37-49(45-21-7-2-8-22-45)40-52(39-48)58(53-41-50(46-23-9-3-10-24-46)38-51(42-53)47-25-11-4-12-26-47)35-43-33-34-57-56-29-15-18-32-61(56)63(62(57)36-43)59-30-16-13-27-54(59)55-28-14-17-31-60(55)63/h1-11,13-25,27-34,36-42,58H,12,26,35H2. The molecule has 0 bridgehead atoms. The van der Waals surface area contributed by atoms with E-state index in [0.717, 1.165) is 19.3 Å². The molecule has 0 aliphatic heterocycles. The minimum absolute atomic E-state index is 0.0548. The smallest absolute Gasteiger partial charge is 0.0725 e. The maximum absolute atomic E-state index is 2.58. The summed E-state index contributed by atoms with van der Waals surface area (Å²) in [7, 11) is 0. The summed E-state index contributed by atoms with van der Waals surface area (Å²) in [5.41, 5.74) is 24.6. The summed E-state index contributed by atoms with van der Waals surface area (Å²) >= 11 is 0. The lowest BCUT2D eigenvalue weighted by atomic mass is 9.70. The molecule has 0 heterocycles. The molecule has 3 aliphatic rings. The molecular formula is C63H46. The van der Waals surface area contributed by atoms with Crippen LogP contribution in [0.15, 0.2) is 237 Å². The van der Waals surface area contributed by atoms with Gasteiger partial charge >= 0.3 is 0 Å². The van der Waals surface area contributed by atoms with Gasteiger partial charge in [-0.2, -0.15) is 0 Å². The van der Waals surface area contributed by atoms with Crippen molar-refractivity contribution in [2.45, 2.75) is 30.6 Å². The Hall–Kier alpha value is -7.54. The quantitative estimate of drug-likeness (QED) is 0.144. The zero-order valence-electron chi connectivity index (χ0n) is 35.2. The van der Waals surface area contributed by atoms with E-state index in [-0.39, 0.29) is 11.3 Å². The molecule has 0 saturated carbocycles. The van der Waals surface area contributed by atoms with Crippen LogP contribution in [0.4, 0.5) is 0 Å². The molecule has 1 atom stereocenters. The first-order chi connectivity index (χ1) is 31.2. The Morgan fingerprint density at radius 2 is 0.794 bits per heavy atom. The fourth-order valence-electron chi connectivity index (χ4n) is 11.1. The minimum Gasteiger partial charge on any atom is -0.0842 e. The van der Waals surface area contributed by atoms with Gasteiger partial charge in [0.1, 0.15) is 0 Å². The molecule has 1 unspecified atom stereocenters. The van der Waals surface area contributed by atoms with Crippen LogP contribution in [0.3, 0.4) is 0 Å². The third-order valence-electron chi connectivity index (χ3n) is 13.9. The molecule has 0 amide bonds. The number of benzene rings is 9. The predicted octanol–water partition coefficient (Wildman–Crippen LogP) is 16.1. The molecule has 0 fully saturated rings. The molecule has 0 aromatic heterocycles. The van der Waals surface area contributed by atoms with Gasteiger partial charge in [-0.3, -0.25) is 0 Å². The maximum atomic E-state index is 2.58. The molecule has 9 aromatic carbocycles. The highest BCUT2D eigenvalue weighted by Gasteiger charge is 2.51. The van der Waals surface area contributed by atoms with Gasteiger partial charge in [0.2, 0.25) is 0 Å². The van der Waals surface area contributed by atoms with E-state index in [0.29, 0.717) is 0 Å². The van der Waals surface area contributed by atoms with E-state index in [1.807, 2.05) is 0 Å². The minimum atomic E-state index is -0.389. The SMILES string of the molecule is C1=CCCC(c2cc(-c3ccccc3)cc(C(Cc3ccc4c(c3)C3(c5ccccc5-c5ccccc53)c3ccccc3-4)c3cc(-c4ccccc4)cc(-c4ccccc4)c3)c2)=C1. The Bertz CT molecular complexity index is 3120. The second-order valence-electron chi connectivity index (χ2n) is 17.5. The first-order valence-corrected chi connectivity index (χ1v) is 22.5. The highest BCUT2D eigenvalue weighted by atomic mass is 14.5. The number of allylic oxidation sites excluding steroid dienone is 4. The predicted molar refractivity (Wildman–Crippen MR) is 264 cm³/mol. The van der Waals surface area contributed by atoms with Gasteiger partial charge in [0, 0.05) is 5.92 Å². The largest absolute Gasteiger partial charge is 0.0842 e. The molecule has 9 aromatic rings. The zero-order valence-corrected chi connectivity index (χ0v) is 35.2. The van der Waals surface area contributed by atoms with E-state index in [1.165, 1.54) is 106 Å². The summed E-state index contributed by atoms with van der Waals surface area (Å²) in [6.45, 7) is 0. The zero-order chi connectivity index (χ0) is 41.7.